The number of aromatic nitrogens is 2. The van der Waals surface area contributed by atoms with Crippen molar-refractivity contribution in [3.63, 3.8) is 0 Å². The smallest absolute Gasteiger partial charge is 0.338 e. The van der Waals surface area contributed by atoms with E-state index >= 15 is 0 Å². The first-order valence-corrected chi connectivity index (χ1v) is 13.4. The summed E-state index contributed by atoms with van der Waals surface area (Å²) in [5, 5.41) is 8.56. The van der Waals surface area contributed by atoms with Gasteiger partial charge in [-0.25, -0.2) is 9.78 Å². The molecule has 2 N–H and O–H groups in total. The van der Waals surface area contributed by atoms with Crippen molar-refractivity contribution in [3.8, 4) is 23.0 Å². The number of rotatable bonds is 10. The van der Waals surface area contributed by atoms with Gasteiger partial charge >= 0.3 is 5.97 Å². The van der Waals surface area contributed by atoms with E-state index in [2.05, 4.69) is 14.9 Å². The number of hydrogen-bond donors (Lipinski definition) is 2. The Bertz CT molecular complexity index is 1480. The number of carbonyl (C=O) groups excluding carboxylic acids is 1. The molecule has 1 unspecified atom stereocenters. The summed E-state index contributed by atoms with van der Waals surface area (Å²) in [4.78, 5) is 22.0. The van der Waals surface area contributed by atoms with Crippen LogP contribution in [0.3, 0.4) is 0 Å². The maximum absolute atomic E-state index is 12.1. The predicted octanol–water partition coefficient (Wildman–Crippen LogP) is 5.61. The quantitative estimate of drug-likeness (QED) is 0.149. The number of aromatic amines is 1. The molecule has 2 aromatic heterocycles. The molecule has 10 heteroatoms. The molecule has 0 spiro atoms. The predicted molar refractivity (Wildman–Crippen MR) is 152 cm³/mol. The standard InChI is InChI=1S/C30H34N4O6/c1-4-38-30(35)19-8-10-20(11-9-19)34-12-6-5-7-21(34)18-39-25-13-22(36-2)14-26-23(25)15-27(40-26)24-17-32-29(33-24)16-28(31)37-3/h8-11,13-15,17,21,31H,4-7,12,16,18H2,1-3H3,(H,32,33). The highest BCUT2D eigenvalue weighted by atomic mass is 16.5. The van der Waals surface area contributed by atoms with Gasteiger partial charge in [-0.3, -0.25) is 5.41 Å². The Morgan fingerprint density at radius 1 is 1.18 bits per heavy atom. The van der Waals surface area contributed by atoms with Crippen LogP contribution in [-0.4, -0.2) is 61.9 Å². The van der Waals surface area contributed by atoms with Gasteiger partial charge in [-0.2, -0.15) is 0 Å². The normalized spacial score (nSPS) is 15.2. The fraction of sp³-hybridized carbons (Fsp3) is 0.367. The molecule has 210 valence electrons. The van der Waals surface area contributed by atoms with Gasteiger partial charge in [0.25, 0.3) is 0 Å². The number of H-pyrrole nitrogens is 1. The Kier molecular flexibility index (Phi) is 8.23. The third-order valence-corrected chi connectivity index (χ3v) is 7.05. The molecule has 1 saturated heterocycles. The number of benzene rings is 2. The van der Waals surface area contributed by atoms with Crippen molar-refractivity contribution < 1.29 is 28.2 Å². The lowest BCUT2D eigenvalue weighted by Gasteiger charge is -2.37. The summed E-state index contributed by atoms with van der Waals surface area (Å²) >= 11 is 0. The van der Waals surface area contributed by atoms with E-state index < -0.39 is 0 Å². The second-order valence-corrected chi connectivity index (χ2v) is 9.62. The molecule has 0 amide bonds. The molecule has 0 saturated carbocycles. The molecular formula is C30H34N4O6. The summed E-state index contributed by atoms with van der Waals surface area (Å²) in [5.41, 5.74) is 2.94. The van der Waals surface area contributed by atoms with Gasteiger partial charge in [0.1, 0.15) is 35.2 Å². The number of carbonyl (C=O) groups is 1. The van der Waals surface area contributed by atoms with Gasteiger partial charge in [0.05, 0.1) is 50.4 Å². The van der Waals surface area contributed by atoms with Crippen LogP contribution in [0.25, 0.3) is 22.4 Å². The number of methoxy groups -OCH3 is 2. The van der Waals surface area contributed by atoms with Crippen LogP contribution >= 0.6 is 0 Å². The molecule has 10 nitrogen and oxygen atoms in total. The summed E-state index contributed by atoms with van der Waals surface area (Å²) in [6.45, 7) is 3.55. The Morgan fingerprint density at radius 3 is 2.75 bits per heavy atom. The zero-order chi connectivity index (χ0) is 28.1. The zero-order valence-electron chi connectivity index (χ0n) is 23.0. The molecule has 0 bridgehead atoms. The van der Waals surface area contributed by atoms with Gasteiger partial charge in [0.15, 0.2) is 11.7 Å². The van der Waals surface area contributed by atoms with E-state index in [-0.39, 0.29) is 24.3 Å². The third-order valence-electron chi connectivity index (χ3n) is 7.05. The maximum Gasteiger partial charge on any atom is 0.338 e. The first kappa shape index (κ1) is 27.1. The van der Waals surface area contributed by atoms with Gasteiger partial charge in [0, 0.05) is 24.4 Å². The van der Waals surface area contributed by atoms with Crippen LogP contribution in [0, 0.1) is 5.41 Å². The molecule has 40 heavy (non-hydrogen) atoms. The van der Waals surface area contributed by atoms with Crippen LogP contribution in [0.5, 0.6) is 11.5 Å². The van der Waals surface area contributed by atoms with Crippen LogP contribution < -0.4 is 14.4 Å². The number of esters is 1. The molecule has 1 aliphatic rings. The van der Waals surface area contributed by atoms with E-state index in [1.54, 1.807) is 20.2 Å². The molecule has 0 radical (unpaired) electrons. The summed E-state index contributed by atoms with van der Waals surface area (Å²) in [5.74, 6) is 2.35. The van der Waals surface area contributed by atoms with Crippen LogP contribution in [0.1, 0.15) is 42.4 Å². The molecular weight excluding hydrogens is 512 g/mol. The number of imidazole rings is 1. The number of nitrogens with one attached hydrogen (secondary N) is 2. The van der Waals surface area contributed by atoms with Crippen LogP contribution in [0.15, 0.2) is 53.1 Å². The fourth-order valence-corrected chi connectivity index (χ4v) is 4.96. The van der Waals surface area contributed by atoms with E-state index in [0.717, 1.165) is 36.9 Å². The minimum absolute atomic E-state index is 0.123. The second kappa shape index (κ2) is 12.1. The maximum atomic E-state index is 12.1. The number of hydrogen-bond acceptors (Lipinski definition) is 9. The van der Waals surface area contributed by atoms with E-state index in [1.165, 1.54) is 7.11 Å². The number of ether oxygens (including phenoxy) is 4. The molecule has 2 aromatic carbocycles. The number of piperidine rings is 1. The highest BCUT2D eigenvalue weighted by molar-refractivity contribution is 5.90. The van der Waals surface area contributed by atoms with E-state index in [0.29, 0.717) is 53.1 Å². The molecule has 1 atom stereocenters. The monoisotopic (exact) mass is 546 g/mol. The zero-order valence-corrected chi connectivity index (χ0v) is 23.0. The molecule has 1 aliphatic heterocycles. The number of fused-ring (bicyclic) bond motifs is 1. The number of furan rings is 1. The van der Waals surface area contributed by atoms with Gasteiger partial charge in [-0.05, 0) is 56.5 Å². The first-order valence-electron chi connectivity index (χ1n) is 13.4. The molecule has 3 heterocycles. The van der Waals surface area contributed by atoms with Gasteiger partial charge < -0.3 is 33.2 Å². The fourth-order valence-electron chi connectivity index (χ4n) is 4.96. The Labute approximate surface area is 232 Å². The Hall–Kier alpha value is -4.47. The number of nitrogens with zero attached hydrogens (tertiary/aromatic N) is 2. The van der Waals surface area contributed by atoms with Crippen molar-refractivity contribution in [3.05, 3.63) is 60.0 Å². The molecule has 1 fully saturated rings. The van der Waals surface area contributed by atoms with Gasteiger partial charge in [-0.15, -0.1) is 0 Å². The molecule has 4 aromatic rings. The van der Waals surface area contributed by atoms with Crippen molar-refractivity contribution >= 4 is 28.5 Å². The highest BCUT2D eigenvalue weighted by Crippen LogP contribution is 2.37. The van der Waals surface area contributed by atoms with Crippen LogP contribution in [0.2, 0.25) is 0 Å². The van der Waals surface area contributed by atoms with Crippen molar-refractivity contribution in [2.24, 2.45) is 0 Å². The van der Waals surface area contributed by atoms with Crippen LogP contribution in [0.4, 0.5) is 5.69 Å². The average Bonchev–Trinajstić information content (AvgIpc) is 3.63. The van der Waals surface area contributed by atoms with Crippen molar-refractivity contribution in [2.45, 2.75) is 38.6 Å². The lowest BCUT2D eigenvalue weighted by Crippen LogP contribution is -2.43. The molecule has 5 rings (SSSR count). The van der Waals surface area contributed by atoms with Gasteiger partial charge in [0.2, 0.25) is 0 Å². The highest BCUT2D eigenvalue weighted by Gasteiger charge is 2.25. The summed E-state index contributed by atoms with van der Waals surface area (Å²) < 4.78 is 28.2. The van der Waals surface area contributed by atoms with E-state index in [1.807, 2.05) is 42.5 Å². The Morgan fingerprint density at radius 2 is 2.00 bits per heavy atom. The van der Waals surface area contributed by atoms with Crippen molar-refractivity contribution in [1.29, 1.82) is 5.41 Å². The SMILES string of the molecule is CCOC(=O)c1ccc(N2CCCCC2COc2cc(OC)cc3oc(-c4cnc(CC(=N)OC)[nH]4)cc23)cc1. The van der Waals surface area contributed by atoms with Gasteiger partial charge in [-0.1, -0.05) is 0 Å². The first-order chi connectivity index (χ1) is 19.5. The second-order valence-electron chi connectivity index (χ2n) is 9.62. The third kappa shape index (κ3) is 5.90. The van der Waals surface area contributed by atoms with Crippen LogP contribution in [-0.2, 0) is 15.9 Å². The summed E-state index contributed by atoms with van der Waals surface area (Å²) in [6.07, 6.45) is 5.16. The average molecular weight is 547 g/mol. The lowest BCUT2D eigenvalue weighted by molar-refractivity contribution is 0.0526. The van der Waals surface area contributed by atoms with Crippen molar-refractivity contribution in [1.82, 2.24) is 9.97 Å². The van der Waals surface area contributed by atoms with Crippen molar-refractivity contribution in [2.75, 3.05) is 38.9 Å². The summed E-state index contributed by atoms with van der Waals surface area (Å²) in [6, 6.07) is 13.4. The van der Waals surface area contributed by atoms with E-state index in [9.17, 15) is 4.79 Å². The minimum atomic E-state index is -0.310. The lowest BCUT2D eigenvalue weighted by atomic mass is 10.0. The Balaban J connectivity index is 1.35. The molecule has 0 aliphatic carbocycles. The summed E-state index contributed by atoms with van der Waals surface area (Å²) in [7, 11) is 3.08. The topological polar surface area (TPSA) is 123 Å². The van der Waals surface area contributed by atoms with E-state index in [4.69, 9.17) is 28.8 Å². The number of anilines is 1. The largest absolute Gasteiger partial charge is 0.496 e. The minimum Gasteiger partial charge on any atom is -0.496 e.